The van der Waals surface area contributed by atoms with Gasteiger partial charge in [-0.05, 0) is 54.8 Å². The molecule has 0 aliphatic carbocycles. The molecular formula is C30H32N4O4. The van der Waals surface area contributed by atoms with E-state index < -0.39 is 6.04 Å². The maximum Gasteiger partial charge on any atom is 0.273 e. The quantitative estimate of drug-likeness (QED) is 0.243. The van der Waals surface area contributed by atoms with Gasteiger partial charge < -0.3 is 19.5 Å². The van der Waals surface area contributed by atoms with Crippen LogP contribution >= 0.6 is 0 Å². The molecule has 0 bridgehead atoms. The van der Waals surface area contributed by atoms with Crippen molar-refractivity contribution in [2.24, 2.45) is 0 Å². The van der Waals surface area contributed by atoms with Gasteiger partial charge in [-0.3, -0.25) is 14.9 Å². The molecule has 2 N–H and O–H groups in total. The van der Waals surface area contributed by atoms with Gasteiger partial charge in [-0.2, -0.15) is 5.10 Å². The summed E-state index contributed by atoms with van der Waals surface area (Å²) in [4.78, 5) is 19.7. The van der Waals surface area contributed by atoms with Crippen molar-refractivity contribution in [1.82, 2.24) is 20.1 Å². The lowest BCUT2D eigenvalue weighted by Crippen LogP contribution is -2.29. The van der Waals surface area contributed by atoms with Gasteiger partial charge in [0.05, 0.1) is 19.3 Å². The molecule has 0 fully saturated rings. The molecule has 8 nitrogen and oxygen atoms in total. The molecule has 0 saturated carbocycles. The molecule has 1 amide bonds. The Hall–Kier alpha value is -4.33. The van der Waals surface area contributed by atoms with Crippen LogP contribution in [0.15, 0.2) is 67.0 Å². The molecule has 0 spiro atoms. The van der Waals surface area contributed by atoms with Crippen molar-refractivity contribution in [2.75, 3.05) is 13.2 Å². The molecular weight excluding hydrogens is 480 g/mol. The smallest absolute Gasteiger partial charge is 0.273 e. The Morgan fingerprint density at radius 3 is 2.66 bits per heavy atom. The number of para-hydroxylation sites is 1. The average molecular weight is 513 g/mol. The average Bonchev–Trinajstić information content (AvgIpc) is 3.47. The number of carbonyl (C=O) groups is 1. The van der Waals surface area contributed by atoms with Gasteiger partial charge in [0, 0.05) is 30.1 Å². The lowest BCUT2D eigenvalue weighted by atomic mass is 9.95. The first-order chi connectivity index (χ1) is 18.6. The highest BCUT2D eigenvalue weighted by atomic mass is 16.5. The largest absolute Gasteiger partial charge is 0.507 e. The second kappa shape index (κ2) is 11.4. The molecule has 1 aliphatic heterocycles. The maximum atomic E-state index is 13.7. The number of aromatic nitrogens is 3. The number of phenolic OH excluding ortho intramolecular Hbond substituents is 1. The molecule has 2 aromatic carbocycles. The molecule has 2 aromatic heterocycles. The molecule has 8 heteroatoms. The van der Waals surface area contributed by atoms with E-state index in [9.17, 15) is 9.90 Å². The number of aromatic hydroxyl groups is 1. The lowest BCUT2D eigenvalue weighted by Gasteiger charge is -2.27. The van der Waals surface area contributed by atoms with Crippen molar-refractivity contribution in [3.63, 3.8) is 0 Å². The highest BCUT2D eigenvalue weighted by Crippen LogP contribution is 2.46. The van der Waals surface area contributed by atoms with Gasteiger partial charge in [-0.25, -0.2) is 0 Å². The molecule has 0 saturated heterocycles. The van der Waals surface area contributed by atoms with E-state index in [-0.39, 0.29) is 11.7 Å². The lowest BCUT2D eigenvalue weighted by molar-refractivity contribution is 0.0729. The standard InChI is InChI=1S/C30H32N4O4/c1-3-5-8-16-38-24-14-13-21(17-25(24)37-4-2)29-26-27(22-11-6-7-12-23(22)35)32-33-28(26)30(36)34(29)19-20-10-9-15-31-18-20/h6-7,9-15,17-18,29,35H,3-5,8,16,19H2,1-2H3,(H,32,33). The van der Waals surface area contributed by atoms with Crippen molar-refractivity contribution < 1.29 is 19.4 Å². The summed E-state index contributed by atoms with van der Waals surface area (Å²) in [6, 6.07) is 16.2. The summed E-state index contributed by atoms with van der Waals surface area (Å²) in [6.45, 7) is 5.56. The Morgan fingerprint density at radius 2 is 1.89 bits per heavy atom. The molecule has 4 aromatic rings. The number of carbonyl (C=O) groups excluding carboxylic acids is 1. The Balaban J connectivity index is 1.59. The highest BCUT2D eigenvalue weighted by molar-refractivity contribution is 6.00. The fourth-order valence-corrected chi connectivity index (χ4v) is 4.89. The summed E-state index contributed by atoms with van der Waals surface area (Å²) >= 11 is 0. The number of rotatable bonds is 11. The number of fused-ring (bicyclic) bond motifs is 1. The molecule has 196 valence electrons. The van der Waals surface area contributed by atoms with Gasteiger partial charge in [0.1, 0.15) is 17.1 Å². The third kappa shape index (κ3) is 4.94. The van der Waals surface area contributed by atoms with Crippen LogP contribution in [0.4, 0.5) is 0 Å². The van der Waals surface area contributed by atoms with Crippen LogP contribution in [-0.4, -0.2) is 44.3 Å². The Bertz CT molecular complexity index is 1400. The molecule has 3 heterocycles. The number of phenols is 1. The number of unbranched alkanes of at least 4 members (excludes halogenated alkanes) is 2. The zero-order chi connectivity index (χ0) is 26.5. The van der Waals surface area contributed by atoms with Gasteiger partial charge in [-0.1, -0.05) is 44.0 Å². The van der Waals surface area contributed by atoms with Crippen molar-refractivity contribution in [1.29, 1.82) is 0 Å². The summed E-state index contributed by atoms with van der Waals surface area (Å²) in [5, 5.41) is 18.0. The second-order valence-electron chi connectivity index (χ2n) is 9.27. The van der Waals surface area contributed by atoms with E-state index in [0.29, 0.717) is 48.2 Å². The fraction of sp³-hybridized carbons (Fsp3) is 0.300. The number of H-pyrrole nitrogens is 1. The fourth-order valence-electron chi connectivity index (χ4n) is 4.89. The van der Waals surface area contributed by atoms with Gasteiger partial charge >= 0.3 is 0 Å². The van der Waals surface area contributed by atoms with Gasteiger partial charge in [0.15, 0.2) is 11.5 Å². The number of ether oxygens (including phenoxy) is 2. The Morgan fingerprint density at radius 1 is 1.03 bits per heavy atom. The number of aromatic amines is 1. The Kier molecular flexibility index (Phi) is 7.58. The van der Waals surface area contributed by atoms with E-state index >= 15 is 0 Å². The zero-order valence-electron chi connectivity index (χ0n) is 21.7. The summed E-state index contributed by atoms with van der Waals surface area (Å²) < 4.78 is 12.0. The summed E-state index contributed by atoms with van der Waals surface area (Å²) in [5.41, 5.74) is 4.02. The van der Waals surface area contributed by atoms with Crippen LogP contribution in [0, 0.1) is 0 Å². The van der Waals surface area contributed by atoms with E-state index in [2.05, 4.69) is 22.1 Å². The predicted octanol–water partition coefficient (Wildman–Crippen LogP) is 5.89. The summed E-state index contributed by atoms with van der Waals surface area (Å²) in [5.74, 6) is 1.25. The van der Waals surface area contributed by atoms with Crippen LogP contribution in [0.3, 0.4) is 0 Å². The van der Waals surface area contributed by atoms with Crippen molar-refractivity contribution in [3.05, 3.63) is 89.4 Å². The number of nitrogens with zero attached hydrogens (tertiary/aromatic N) is 3. The first kappa shape index (κ1) is 25.3. The van der Waals surface area contributed by atoms with Crippen LogP contribution in [0.5, 0.6) is 17.2 Å². The van der Waals surface area contributed by atoms with E-state index in [0.717, 1.165) is 36.0 Å². The van der Waals surface area contributed by atoms with E-state index in [1.807, 2.05) is 43.3 Å². The minimum absolute atomic E-state index is 0.101. The normalized spacial score (nSPS) is 14.5. The van der Waals surface area contributed by atoms with Gasteiger partial charge in [0.2, 0.25) is 0 Å². The molecule has 1 aliphatic rings. The topological polar surface area (TPSA) is 101 Å². The molecule has 0 radical (unpaired) electrons. The predicted molar refractivity (Wildman–Crippen MR) is 144 cm³/mol. The molecule has 1 atom stereocenters. The maximum absolute atomic E-state index is 13.7. The molecule has 1 unspecified atom stereocenters. The van der Waals surface area contributed by atoms with Crippen molar-refractivity contribution in [2.45, 2.75) is 45.7 Å². The number of pyridine rings is 1. The van der Waals surface area contributed by atoms with Gasteiger partial charge in [0.25, 0.3) is 5.91 Å². The monoisotopic (exact) mass is 512 g/mol. The second-order valence-corrected chi connectivity index (χ2v) is 9.27. The van der Waals surface area contributed by atoms with Crippen LogP contribution in [0.2, 0.25) is 0 Å². The number of benzene rings is 2. The zero-order valence-corrected chi connectivity index (χ0v) is 21.7. The number of hydrogen-bond donors (Lipinski definition) is 2. The van der Waals surface area contributed by atoms with Crippen LogP contribution < -0.4 is 9.47 Å². The van der Waals surface area contributed by atoms with Crippen molar-refractivity contribution in [3.8, 4) is 28.5 Å². The molecule has 38 heavy (non-hydrogen) atoms. The number of hydrogen-bond acceptors (Lipinski definition) is 6. The Labute approximate surface area is 222 Å². The SMILES string of the molecule is CCCCCOc1ccc(C2c3c(-c4ccccc4O)n[nH]c3C(=O)N2Cc2cccnc2)cc1OCC. The third-order valence-electron chi connectivity index (χ3n) is 6.69. The van der Waals surface area contributed by atoms with E-state index in [1.54, 1.807) is 35.5 Å². The number of nitrogens with one attached hydrogen (secondary N) is 1. The molecule has 5 rings (SSSR count). The van der Waals surface area contributed by atoms with Crippen molar-refractivity contribution >= 4 is 5.91 Å². The van der Waals surface area contributed by atoms with Crippen LogP contribution in [-0.2, 0) is 6.54 Å². The third-order valence-corrected chi connectivity index (χ3v) is 6.69. The van der Waals surface area contributed by atoms with Crippen LogP contribution in [0.1, 0.15) is 66.3 Å². The number of amides is 1. The van der Waals surface area contributed by atoms with Crippen LogP contribution in [0.25, 0.3) is 11.3 Å². The first-order valence-electron chi connectivity index (χ1n) is 13.1. The first-order valence-corrected chi connectivity index (χ1v) is 13.1. The highest BCUT2D eigenvalue weighted by Gasteiger charge is 2.42. The minimum atomic E-state index is -0.459. The minimum Gasteiger partial charge on any atom is -0.507 e. The van der Waals surface area contributed by atoms with Gasteiger partial charge in [-0.15, -0.1) is 0 Å². The van der Waals surface area contributed by atoms with E-state index in [1.165, 1.54) is 0 Å². The van der Waals surface area contributed by atoms with E-state index in [4.69, 9.17) is 9.47 Å². The summed E-state index contributed by atoms with van der Waals surface area (Å²) in [6.07, 6.45) is 6.67. The summed E-state index contributed by atoms with van der Waals surface area (Å²) in [7, 11) is 0.